The second-order valence-corrected chi connectivity index (χ2v) is 6.41. The molecule has 2 aromatic carbocycles. The number of halogens is 2. The zero-order valence-corrected chi connectivity index (χ0v) is 15.0. The van der Waals surface area contributed by atoms with Crippen LogP contribution in [0, 0.1) is 0 Å². The molecule has 0 radical (unpaired) electrons. The van der Waals surface area contributed by atoms with Crippen molar-refractivity contribution >= 4 is 40.7 Å². The summed E-state index contributed by atoms with van der Waals surface area (Å²) in [4.78, 5) is 25.4. The molecule has 0 heterocycles. The maximum Gasteiger partial charge on any atom is 0.253 e. The average molecular weight is 365 g/mol. The molecule has 0 aliphatic heterocycles. The number of anilines is 1. The van der Waals surface area contributed by atoms with Gasteiger partial charge in [-0.25, -0.2) is 0 Å². The number of amides is 2. The van der Waals surface area contributed by atoms with Gasteiger partial charge in [0.2, 0.25) is 5.91 Å². The SMILES string of the molecule is CN(C)C(=O)c1ccc(CCC(=O)Nc2ccc(Cl)cc2Cl)cc1. The number of aryl methyl sites for hydroxylation is 1. The van der Waals surface area contributed by atoms with Crippen LogP contribution >= 0.6 is 23.2 Å². The van der Waals surface area contributed by atoms with E-state index in [4.69, 9.17) is 23.2 Å². The van der Waals surface area contributed by atoms with Crippen LogP contribution in [0.2, 0.25) is 10.0 Å². The Morgan fingerprint density at radius 2 is 1.71 bits per heavy atom. The molecule has 0 spiro atoms. The predicted molar refractivity (Wildman–Crippen MR) is 97.9 cm³/mol. The molecule has 0 aliphatic rings. The van der Waals surface area contributed by atoms with Gasteiger partial charge in [0.15, 0.2) is 0 Å². The lowest BCUT2D eigenvalue weighted by Crippen LogP contribution is -2.21. The fourth-order valence-corrected chi connectivity index (χ4v) is 2.59. The van der Waals surface area contributed by atoms with E-state index >= 15 is 0 Å². The standard InChI is InChI=1S/C18H18Cl2N2O2/c1-22(2)18(24)13-6-3-12(4-7-13)5-10-17(23)21-16-9-8-14(19)11-15(16)20/h3-4,6-9,11H,5,10H2,1-2H3,(H,21,23). The van der Waals surface area contributed by atoms with Crippen LogP contribution in [0.15, 0.2) is 42.5 Å². The smallest absolute Gasteiger partial charge is 0.253 e. The normalized spacial score (nSPS) is 10.3. The van der Waals surface area contributed by atoms with Crippen molar-refractivity contribution in [2.24, 2.45) is 0 Å². The molecule has 0 aliphatic carbocycles. The zero-order valence-electron chi connectivity index (χ0n) is 13.5. The maximum absolute atomic E-state index is 12.0. The molecule has 2 rings (SSSR count). The van der Waals surface area contributed by atoms with E-state index in [-0.39, 0.29) is 11.8 Å². The van der Waals surface area contributed by atoms with Crippen LogP contribution in [0.4, 0.5) is 5.69 Å². The summed E-state index contributed by atoms with van der Waals surface area (Å²) in [6.07, 6.45) is 0.896. The van der Waals surface area contributed by atoms with Crippen molar-refractivity contribution in [3.8, 4) is 0 Å². The summed E-state index contributed by atoms with van der Waals surface area (Å²) in [6, 6.07) is 12.2. The second-order valence-electron chi connectivity index (χ2n) is 5.57. The topological polar surface area (TPSA) is 49.4 Å². The number of carbonyl (C=O) groups is 2. The highest BCUT2D eigenvalue weighted by molar-refractivity contribution is 6.36. The molecule has 2 amide bonds. The number of nitrogens with one attached hydrogen (secondary N) is 1. The number of rotatable bonds is 5. The minimum Gasteiger partial charge on any atom is -0.345 e. The van der Waals surface area contributed by atoms with E-state index in [1.165, 1.54) is 4.90 Å². The molecule has 1 N–H and O–H groups in total. The highest BCUT2D eigenvalue weighted by Gasteiger charge is 2.09. The number of nitrogens with zero attached hydrogens (tertiary/aromatic N) is 1. The van der Waals surface area contributed by atoms with Crippen molar-refractivity contribution in [1.29, 1.82) is 0 Å². The predicted octanol–water partition coefficient (Wildman–Crippen LogP) is 4.27. The van der Waals surface area contributed by atoms with E-state index in [0.717, 1.165) is 5.56 Å². The lowest BCUT2D eigenvalue weighted by Gasteiger charge is -2.10. The maximum atomic E-state index is 12.0. The van der Waals surface area contributed by atoms with Crippen molar-refractivity contribution < 1.29 is 9.59 Å². The van der Waals surface area contributed by atoms with Crippen molar-refractivity contribution in [2.45, 2.75) is 12.8 Å². The Hall–Kier alpha value is -2.04. The van der Waals surface area contributed by atoms with Crippen LogP contribution in [0.25, 0.3) is 0 Å². The molecule has 0 aromatic heterocycles. The summed E-state index contributed by atoms with van der Waals surface area (Å²) in [7, 11) is 3.42. The first-order chi connectivity index (χ1) is 11.4. The van der Waals surface area contributed by atoms with Gasteiger partial charge in [-0.2, -0.15) is 0 Å². The highest BCUT2D eigenvalue weighted by atomic mass is 35.5. The molecule has 6 heteroatoms. The van der Waals surface area contributed by atoms with Gasteiger partial charge in [-0.1, -0.05) is 35.3 Å². The Balaban J connectivity index is 1.91. The Labute approximate surface area is 151 Å². The van der Waals surface area contributed by atoms with Gasteiger partial charge in [0, 0.05) is 31.1 Å². The lowest BCUT2D eigenvalue weighted by atomic mass is 10.1. The number of hydrogen-bond acceptors (Lipinski definition) is 2. The fraction of sp³-hybridized carbons (Fsp3) is 0.222. The number of benzene rings is 2. The molecular formula is C18H18Cl2N2O2. The monoisotopic (exact) mass is 364 g/mol. The molecule has 0 bridgehead atoms. The van der Waals surface area contributed by atoms with Gasteiger partial charge in [-0.05, 0) is 42.3 Å². The first-order valence-corrected chi connectivity index (χ1v) is 8.18. The quantitative estimate of drug-likeness (QED) is 0.861. The highest BCUT2D eigenvalue weighted by Crippen LogP contribution is 2.25. The number of carbonyl (C=O) groups excluding carboxylic acids is 2. The molecular weight excluding hydrogens is 347 g/mol. The van der Waals surface area contributed by atoms with Gasteiger partial charge in [0.25, 0.3) is 5.91 Å². The van der Waals surface area contributed by atoms with Gasteiger partial charge in [-0.3, -0.25) is 9.59 Å². The van der Waals surface area contributed by atoms with Crippen LogP contribution in [-0.2, 0) is 11.2 Å². The molecule has 4 nitrogen and oxygen atoms in total. The van der Waals surface area contributed by atoms with Crippen molar-refractivity contribution in [2.75, 3.05) is 19.4 Å². The van der Waals surface area contributed by atoms with Crippen molar-refractivity contribution in [3.05, 3.63) is 63.6 Å². The minimum absolute atomic E-state index is 0.0447. The van der Waals surface area contributed by atoms with Crippen LogP contribution in [0.3, 0.4) is 0 Å². The minimum atomic E-state index is -0.132. The molecule has 126 valence electrons. The Morgan fingerprint density at radius 3 is 2.29 bits per heavy atom. The van der Waals surface area contributed by atoms with E-state index in [0.29, 0.717) is 34.1 Å². The van der Waals surface area contributed by atoms with Gasteiger partial charge < -0.3 is 10.2 Å². The Kier molecular flexibility index (Phi) is 6.23. The molecule has 0 unspecified atom stereocenters. The second kappa shape index (κ2) is 8.18. The summed E-state index contributed by atoms with van der Waals surface area (Å²) in [5.74, 6) is -0.177. The first-order valence-electron chi connectivity index (χ1n) is 7.42. The van der Waals surface area contributed by atoms with E-state index in [1.54, 1.807) is 44.4 Å². The molecule has 0 saturated heterocycles. The molecule has 0 saturated carbocycles. The van der Waals surface area contributed by atoms with Gasteiger partial charge in [0.05, 0.1) is 10.7 Å². The van der Waals surface area contributed by atoms with E-state index < -0.39 is 0 Å². The van der Waals surface area contributed by atoms with Crippen molar-refractivity contribution in [3.63, 3.8) is 0 Å². The molecule has 24 heavy (non-hydrogen) atoms. The first kappa shape index (κ1) is 18.3. The molecule has 2 aromatic rings. The van der Waals surface area contributed by atoms with Crippen LogP contribution in [0.5, 0.6) is 0 Å². The van der Waals surface area contributed by atoms with Gasteiger partial charge in [-0.15, -0.1) is 0 Å². The summed E-state index contributed by atoms with van der Waals surface area (Å²) < 4.78 is 0. The van der Waals surface area contributed by atoms with E-state index in [9.17, 15) is 9.59 Å². The van der Waals surface area contributed by atoms with Crippen LogP contribution in [0.1, 0.15) is 22.3 Å². The Bertz CT molecular complexity index is 743. The third-order valence-electron chi connectivity index (χ3n) is 3.45. The largest absolute Gasteiger partial charge is 0.345 e. The van der Waals surface area contributed by atoms with Crippen molar-refractivity contribution in [1.82, 2.24) is 4.90 Å². The lowest BCUT2D eigenvalue weighted by molar-refractivity contribution is -0.116. The summed E-state index contributed by atoms with van der Waals surface area (Å²) >= 11 is 11.9. The Morgan fingerprint density at radius 1 is 1.04 bits per heavy atom. The summed E-state index contributed by atoms with van der Waals surface area (Å²) in [5, 5.41) is 3.69. The van der Waals surface area contributed by atoms with E-state index in [1.807, 2.05) is 12.1 Å². The van der Waals surface area contributed by atoms with Gasteiger partial charge >= 0.3 is 0 Å². The summed E-state index contributed by atoms with van der Waals surface area (Å²) in [5.41, 5.74) is 2.15. The zero-order chi connectivity index (χ0) is 17.7. The van der Waals surface area contributed by atoms with Crippen LogP contribution in [-0.4, -0.2) is 30.8 Å². The van der Waals surface area contributed by atoms with E-state index in [2.05, 4.69) is 5.32 Å². The number of hydrogen-bond donors (Lipinski definition) is 1. The average Bonchev–Trinajstić information content (AvgIpc) is 2.55. The summed E-state index contributed by atoms with van der Waals surface area (Å²) in [6.45, 7) is 0. The van der Waals surface area contributed by atoms with Gasteiger partial charge in [0.1, 0.15) is 0 Å². The third-order valence-corrected chi connectivity index (χ3v) is 4.00. The fourth-order valence-electron chi connectivity index (χ4n) is 2.13. The molecule has 0 fully saturated rings. The van der Waals surface area contributed by atoms with Crippen LogP contribution < -0.4 is 5.32 Å². The third kappa shape index (κ3) is 4.98. The molecule has 0 atom stereocenters.